The first-order chi connectivity index (χ1) is 7.00. The lowest BCUT2D eigenvalue weighted by molar-refractivity contribution is 0.288. The van der Waals surface area contributed by atoms with E-state index in [1.165, 1.54) is 0 Å². The molecule has 0 fully saturated rings. The van der Waals surface area contributed by atoms with Gasteiger partial charge in [0.1, 0.15) is 0 Å². The maximum absolute atomic E-state index is 6.04. The first-order valence-electron chi connectivity index (χ1n) is 5.75. The summed E-state index contributed by atoms with van der Waals surface area (Å²) >= 11 is 0. The van der Waals surface area contributed by atoms with Gasteiger partial charge in [-0.3, -0.25) is 0 Å². The number of imidazole rings is 1. The molecule has 0 aromatic carbocycles. The molecule has 2 N–H and O–H groups in total. The molecule has 0 aliphatic heterocycles. The average Bonchev–Trinajstić information content (AvgIpc) is 2.64. The van der Waals surface area contributed by atoms with E-state index in [2.05, 4.69) is 37.2 Å². The summed E-state index contributed by atoms with van der Waals surface area (Å²) in [6.07, 6.45) is 5.90. The monoisotopic (exact) mass is 209 g/mol. The molecule has 3 heteroatoms. The van der Waals surface area contributed by atoms with Crippen LogP contribution in [0.2, 0.25) is 0 Å². The van der Waals surface area contributed by atoms with Crippen LogP contribution in [0.25, 0.3) is 0 Å². The largest absolute Gasteiger partial charge is 0.333 e. The second-order valence-electron chi connectivity index (χ2n) is 4.98. The highest BCUT2D eigenvalue weighted by molar-refractivity contribution is 5.04. The van der Waals surface area contributed by atoms with Gasteiger partial charge >= 0.3 is 0 Å². The molecule has 1 aromatic heterocycles. The smallest absolute Gasteiger partial charge is 0.0948 e. The van der Waals surface area contributed by atoms with Crippen molar-refractivity contribution in [2.45, 2.75) is 53.1 Å². The van der Waals surface area contributed by atoms with Crippen LogP contribution in [0.5, 0.6) is 0 Å². The molecular formula is C12H23N3. The van der Waals surface area contributed by atoms with E-state index in [1.54, 1.807) is 0 Å². The van der Waals surface area contributed by atoms with Gasteiger partial charge in [0, 0.05) is 18.8 Å². The van der Waals surface area contributed by atoms with E-state index in [0.717, 1.165) is 25.1 Å². The van der Waals surface area contributed by atoms with Crippen molar-refractivity contribution >= 4 is 0 Å². The summed E-state index contributed by atoms with van der Waals surface area (Å²) in [6.45, 7) is 9.86. The molecule has 1 aromatic rings. The molecule has 0 aliphatic rings. The van der Waals surface area contributed by atoms with Gasteiger partial charge in [-0.05, 0) is 18.3 Å². The van der Waals surface area contributed by atoms with Crippen LogP contribution >= 0.6 is 0 Å². The number of nitrogens with zero attached hydrogens (tertiary/aromatic N) is 2. The quantitative estimate of drug-likeness (QED) is 0.810. The highest BCUT2D eigenvalue weighted by atomic mass is 15.1. The first-order valence-corrected chi connectivity index (χ1v) is 5.75. The SMILES string of the molecule is CC[C@@H](N)c1cncn1CC(C)(C)CC. The Morgan fingerprint density at radius 3 is 2.67 bits per heavy atom. The minimum Gasteiger partial charge on any atom is -0.333 e. The van der Waals surface area contributed by atoms with E-state index in [1.807, 2.05) is 12.5 Å². The molecule has 0 radical (unpaired) electrons. The van der Waals surface area contributed by atoms with Gasteiger partial charge in [-0.2, -0.15) is 0 Å². The number of nitrogens with two attached hydrogens (primary N) is 1. The van der Waals surface area contributed by atoms with Crippen LogP contribution < -0.4 is 5.73 Å². The third-order valence-corrected chi connectivity index (χ3v) is 3.12. The van der Waals surface area contributed by atoms with Crippen molar-refractivity contribution in [2.75, 3.05) is 0 Å². The Kier molecular flexibility index (Phi) is 3.91. The summed E-state index contributed by atoms with van der Waals surface area (Å²) in [5.74, 6) is 0. The highest BCUT2D eigenvalue weighted by Gasteiger charge is 2.18. The van der Waals surface area contributed by atoms with E-state index in [9.17, 15) is 0 Å². The fourth-order valence-electron chi connectivity index (χ4n) is 1.55. The van der Waals surface area contributed by atoms with Gasteiger partial charge in [0.15, 0.2) is 0 Å². The second kappa shape index (κ2) is 4.79. The third kappa shape index (κ3) is 3.06. The van der Waals surface area contributed by atoms with Crippen molar-refractivity contribution in [3.63, 3.8) is 0 Å². The van der Waals surface area contributed by atoms with Crippen LogP contribution in [0.3, 0.4) is 0 Å². The summed E-state index contributed by atoms with van der Waals surface area (Å²) in [4.78, 5) is 4.19. The molecule has 0 saturated carbocycles. The predicted octanol–water partition coefficient (Wildman–Crippen LogP) is 2.73. The van der Waals surface area contributed by atoms with Gasteiger partial charge in [0.25, 0.3) is 0 Å². The molecule has 3 nitrogen and oxygen atoms in total. The van der Waals surface area contributed by atoms with Crippen molar-refractivity contribution in [2.24, 2.45) is 11.1 Å². The third-order valence-electron chi connectivity index (χ3n) is 3.12. The van der Waals surface area contributed by atoms with E-state index in [4.69, 9.17) is 5.73 Å². The molecule has 0 amide bonds. The molecule has 1 atom stereocenters. The lowest BCUT2D eigenvalue weighted by atomic mass is 9.90. The van der Waals surface area contributed by atoms with Crippen LogP contribution in [-0.4, -0.2) is 9.55 Å². The summed E-state index contributed by atoms with van der Waals surface area (Å²) in [5.41, 5.74) is 7.50. The van der Waals surface area contributed by atoms with Crippen molar-refractivity contribution in [3.8, 4) is 0 Å². The van der Waals surface area contributed by atoms with Crippen LogP contribution in [0.1, 0.15) is 52.3 Å². The van der Waals surface area contributed by atoms with Gasteiger partial charge in [-0.1, -0.05) is 27.7 Å². The Hall–Kier alpha value is -0.830. The molecule has 0 unspecified atom stereocenters. The Labute approximate surface area is 92.7 Å². The van der Waals surface area contributed by atoms with E-state index in [-0.39, 0.29) is 6.04 Å². The topological polar surface area (TPSA) is 43.8 Å². The maximum Gasteiger partial charge on any atom is 0.0948 e. The van der Waals surface area contributed by atoms with Crippen molar-refractivity contribution in [1.29, 1.82) is 0 Å². The molecule has 1 heterocycles. The summed E-state index contributed by atoms with van der Waals surface area (Å²) in [7, 11) is 0. The second-order valence-corrected chi connectivity index (χ2v) is 4.98. The molecule has 0 bridgehead atoms. The van der Waals surface area contributed by atoms with Crippen LogP contribution in [0.4, 0.5) is 0 Å². The minimum absolute atomic E-state index is 0.111. The Morgan fingerprint density at radius 2 is 2.13 bits per heavy atom. The van der Waals surface area contributed by atoms with Crippen LogP contribution in [-0.2, 0) is 6.54 Å². The van der Waals surface area contributed by atoms with Crippen LogP contribution in [0.15, 0.2) is 12.5 Å². The zero-order valence-corrected chi connectivity index (χ0v) is 10.3. The van der Waals surface area contributed by atoms with Gasteiger partial charge in [0.05, 0.1) is 12.0 Å². The average molecular weight is 209 g/mol. The first kappa shape index (κ1) is 12.2. The fraction of sp³-hybridized carbons (Fsp3) is 0.750. The van der Waals surface area contributed by atoms with Crippen molar-refractivity contribution < 1.29 is 0 Å². The number of aromatic nitrogens is 2. The fourth-order valence-corrected chi connectivity index (χ4v) is 1.55. The molecule has 15 heavy (non-hydrogen) atoms. The standard InChI is InChI=1S/C12H23N3/c1-5-10(13)11-7-14-9-15(11)8-12(3,4)6-2/h7,9-10H,5-6,8,13H2,1-4H3/t10-/m1/s1. The number of rotatable bonds is 5. The van der Waals surface area contributed by atoms with Crippen molar-refractivity contribution in [1.82, 2.24) is 9.55 Å². The summed E-state index contributed by atoms with van der Waals surface area (Å²) in [6, 6.07) is 0.111. The molecule has 86 valence electrons. The lowest BCUT2D eigenvalue weighted by Gasteiger charge is -2.25. The summed E-state index contributed by atoms with van der Waals surface area (Å²) < 4.78 is 2.19. The van der Waals surface area contributed by atoms with Gasteiger partial charge in [0.2, 0.25) is 0 Å². The predicted molar refractivity (Wildman–Crippen MR) is 63.5 cm³/mol. The Morgan fingerprint density at radius 1 is 1.47 bits per heavy atom. The molecule has 1 rings (SSSR count). The summed E-state index contributed by atoms with van der Waals surface area (Å²) in [5, 5.41) is 0. The lowest BCUT2D eigenvalue weighted by Crippen LogP contribution is -2.22. The van der Waals surface area contributed by atoms with E-state index >= 15 is 0 Å². The molecule has 0 aliphatic carbocycles. The Balaban J connectivity index is 2.82. The van der Waals surface area contributed by atoms with Crippen molar-refractivity contribution in [3.05, 3.63) is 18.2 Å². The van der Waals surface area contributed by atoms with Crippen LogP contribution in [0, 0.1) is 5.41 Å². The molecule has 0 spiro atoms. The number of hydrogen-bond acceptors (Lipinski definition) is 2. The van der Waals surface area contributed by atoms with Gasteiger partial charge < -0.3 is 10.3 Å². The highest BCUT2D eigenvalue weighted by Crippen LogP contribution is 2.24. The van der Waals surface area contributed by atoms with Gasteiger partial charge in [-0.25, -0.2) is 4.98 Å². The zero-order valence-electron chi connectivity index (χ0n) is 10.3. The normalized spacial score (nSPS) is 14.2. The minimum atomic E-state index is 0.111. The van der Waals surface area contributed by atoms with E-state index in [0.29, 0.717) is 5.41 Å². The van der Waals surface area contributed by atoms with Gasteiger partial charge in [-0.15, -0.1) is 0 Å². The zero-order chi connectivity index (χ0) is 11.5. The molecule has 0 saturated heterocycles. The molecular weight excluding hydrogens is 186 g/mol. The number of hydrogen-bond donors (Lipinski definition) is 1. The maximum atomic E-state index is 6.04. The van der Waals surface area contributed by atoms with E-state index < -0.39 is 0 Å². The Bertz CT molecular complexity index is 302.